The van der Waals surface area contributed by atoms with E-state index in [1.54, 1.807) is 4.90 Å². The van der Waals surface area contributed by atoms with Gasteiger partial charge >= 0.3 is 0 Å². The molecule has 0 aromatic rings. The zero-order valence-electron chi connectivity index (χ0n) is 8.03. The van der Waals surface area contributed by atoms with Crippen molar-refractivity contribution in [1.82, 2.24) is 4.90 Å². The maximum Gasteiger partial charge on any atom is 0.251 e. The topological polar surface area (TPSA) is 49.8 Å². The standard InChI is InChI=1S/C9H17NO3/c1-2-3-8(11)9(12)10-4-6-13-7-5-10/h8,11H,2-7H2,1H3/t8-/m1/s1. The van der Waals surface area contributed by atoms with Gasteiger partial charge in [-0.2, -0.15) is 0 Å². The lowest BCUT2D eigenvalue weighted by molar-refractivity contribution is -0.144. The summed E-state index contributed by atoms with van der Waals surface area (Å²) in [6.07, 6.45) is 0.566. The molecule has 1 N–H and O–H groups in total. The summed E-state index contributed by atoms with van der Waals surface area (Å²) in [7, 11) is 0. The van der Waals surface area contributed by atoms with Crippen molar-refractivity contribution in [2.75, 3.05) is 26.3 Å². The van der Waals surface area contributed by atoms with Crippen molar-refractivity contribution in [1.29, 1.82) is 0 Å². The third kappa shape index (κ3) is 2.97. The molecule has 0 aromatic heterocycles. The van der Waals surface area contributed by atoms with Crippen LogP contribution in [0.3, 0.4) is 0 Å². The van der Waals surface area contributed by atoms with E-state index in [4.69, 9.17) is 4.74 Å². The Hall–Kier alpha value is -0.610. The highest BCUT2D eigenvalue weighted by atomic mass is 16.5. The average molecular weight is 187 g/mol. The molecule has 0 aromatic carbocycles. The molecule has 4 nitrogen and oxygen atoms in total. The third-order valence-corrected chi connectivity index (χ3v) is 2.17. The Morgan fingerprint density at radius 1 is 1.54 bits per heavy atom. The zero-order valence-corrected chi connectivity index (χ0v) is 8.03. The Morgan fingerprint density at radius 3 is 2.69 bits per heavy atom. The molecular weight excluding hydrogens is 170 g/mol. The Balaban J connectivity index is 2.36. The summed E-state index contributed by atoms with van der Waals surface area (Å²) in [6.45, 7) is 4.35. The summed E-state index contributed by atoms with van der Waals surface area (Å²) >= 11 is 0. The molecular formula is C9H17NO3. The summed E-state index contributed by atoms with van der Waals surface area (Å²) in [4.78, 5) is 13.2. The quantitative estimate of drug-likeness (QED) is 0.677. The van der Waals surface area contributed by atoms with Gasteiger partial charge in [0.05, 0.1) is 13.2 Å². The lowest BCUT2D eigenvalue weighted by Gasteiger charge is -2.28. The molecule has 0 saturated carbocycles. The molecule has 0 bridgehead atoms. The lowest BCUT2D eigenvalue weighted by atomic mass is 10.2. The molecule has 4 heteroatoms. The number of amides is 1. The van der Waals surface area contributed by atoms with Crippen LogP contribution < -0.4 is 0 Å². The van der Waals surface area contributed by atoms with E-state index in [-0.39, 0.29) is 5.91 Å². The molecule has 1 atom stereocenters. The van der Waals surface area contributed by atoms with Crippen molar-refractivity contribution in [2.45, 2.75) is 25.9 Å². The summed E-state index contributed by atoms with van der Waals surface area (Å²) < 4.78 is 5.11. The molecule has 1 aliphatic heterocycles. The first-order chi connectivity index (χ1) is 6.25. The van der Waals surface area contributed by atoms with Crippen molar-refractivity contribution in [3.8, 4) is 0 Å². The van der Waals surface area contributed by atoms with Gasteiger partial charge in [-0.3, -0.25) is 4.79 Å². The summed E-state index contributed by atoms with van der Waals surface area (Å²) in [5.41, 5.74) is 0. The van der Waals surface area contributed by atoms with Crippen LogP contribution in [0.5, 0.6) is 0 Å². The molecule has 0 spiro atoms. The van der Waals surface area contributed by atoms with E-state index in [1.165, 1.54) is 0 Å². The molecule has 1 fully saturated rings. The van der Waals surface area contributed by atoms with Crippen LogP contribution in [-0.2, 0) is 9.53 Å². The second-order valence-electron chi connectivity index (χ2n) is 3.24. The molecule has 0 unspecified atom stereocenters. The van der Waals surface area contributed by atoms with Crippen LogP contribution >= 0.6 is 0 Å². The van der Waals surface area contributed by atoms with Crippen LogP contribution in [0.2, 0.25) is 0 Å². The van der Waals surface area contributed by atoms with E-state index in [0.717, 1.165) is 6.42 Å². The minimum atomic E-state index is -0.817. The predicted molar refractivity (Wildman–Crippen MR) is 48.3 cm³/mol. The van der Waals surface area contributed by atoms with Crippen LogP contribution in [-0.4, -0.2) is 48.3 Å². The van der Waals surface area contributed by atoms with E-state index < -0.39 is 6.10 Å². The summed E-state index contributed by atoms with van der Waals surface area (Å²) in [5, 5.41) is 9.44. The van der Waals surface area contributed by atoms with Crippen molar-refractivity contribution < 1.29 is 14.6 Å². The van der Waals surface area contributed by atoms with E-state index in [1.807, 2.05) is 6.92 Å². The highest BCUT2D eigenvalue weighted by Gasteiger charge is 2.22. The minimum absolute atomic E-state index is 0.148. The maximum atomic E-state index is 11.5. The largest absolute Gasteiger partial charge is 0.383 e. The monoisotopic (exact) mass is 187 g/mol. The van der Waals surface area contributed by atoms with E-state index >= 15 is 0 Å². The van der Waals surface area contributed by atoms with Gasteiger partial charge in [-0.15, -0.1) is 0 Å². The Kier molecular flexibility index (Phi) is 4.18. The Morgan fingerprint density at radius 2 is 2.15 bits per heavy atom. The first-order valence-electron chi connectivity index (χ1n) is 4.80. The van der Waals surface area contributed by atoms with Gasteiger partial charge in [-0.05, 0) is 6.42 Å². The number of carbonyl (C=O) groups excluding carboxylic acids is 1. The van der Waals surface area contributed by atoms with Crippen LogP contribution in [0.15, 0.2) is 0 Å². The van der Waals surface area contributed by atoms with Gasteiger partial charge < -0.3 is 14.7 Å². The first-order valence-corrected chi connectivity index (χ1v) is 4.80. The number of hydrogen-bond donors (Lipinski definition) is 1. The zero-order chi connectivity index (χ0) is 9.68. The van der Waals surface area contributed by atoms with Crippen LogP contribution in [0.25, 0.3) is 0 Å². The van der Waals surface area contributed by atoms with Crippen LogP contribution in [0, 0.1) is 0 Å². The summed E-state index contributed by atoms with van der Waals surface area (Å²) in [6, 6.07) is 0. The number of nitrogens with zero attached hydrogens (tertiary/aromatic N) is 1. The molecule has 1 aliphatic rings. The lowest BCUT2D eigenvalue weighted by Crippen LogP contribution is -2.45. The van der Waals surface area contributed by atoms with Gasteiger partial charge in [-0.25, -0.2) is 0 Å². The highest BCUT2D eigenvalue weighted by molar-refractivity contribution is 5.80. The number of aliphatic hydroxyl groups is 1. The molecule has 1 rings (SSSR count). The molecule has 1 amide bonds. The van der Waals surface area contributed by atoms with Gasteiger partial charge in [-0.1, -0.05) is 13.3 Å². The van der Waals surface area contributed by atoms with Crippen molar-refractivity contribution >= 4 is 5.91 Å². The van der Waals surface area contributed by atoms with E-state index in [0.29, 0.717) is 32.7 Å². The molecule has 0 aliphatic carbocycles. The van der Waals surface area contributed by atoms with Gasteiger partial charge in [0.15, 0.2) is 0 Å². The molecule has 76 valence electrons. The number of carbonyl (C=O) groups is 1. The van der Waals surface area contributed by atoms with E-state index in [2.05, 4.69) is 0 Å². The first kappa shape index (κ1) is 10.5. The highest BCUT2D eigenvalue weighted by Crippen LogP contribution is 2.04. The van der Waals surface area contributed by atoms with Crippen molar-refractivity contribution in [3.63, 3.8) is 0 Å². The number of ether oxygens (including phenoxy) is 1. The number of hydrogen-bond acceptors (Lipinski definition) is 3. The number of morpholine rings is 1. The molecule has 13 heavy (non-hydrogen) atoms. The van der Waals surface area contributed by atoms with Crippen LogP contribution in [0.4, 0.5) is 0 Å². The minimum Gasteiger partial charge on any atom is -0.383 e. The Bertz CT molecular complexity index is 166. The molecule has 0 radical (unpaired) electrons. The third-order valence-electron chi connectivity index (χ3n) is 2.17. The molecule has 1 saturated heterocycles. The summed E-state index contributed by atoms with van der Waals surface area (Å²) in [5.74, 6) is -0.148. The fourth-order valence-corrected chi connectivity index (χ4v) is 1.39. The number of aliphatic hydroxyl groups excluding tert-OH is 1. The normalized spacial score (nSPS) is 20.0. The van der Waals surface area contributed by atoms with Crippen molar-refractivity contribution in [2.24, 2.45) is 0 Å². The SMILES string of the molecule is CCC[C@@H](O)C(=O)N1CCOCC1. The fourth-order valence-electron chi connectivity index (χ4n) is 1.39. The van der Waals surface area contributed by atoms with Gasteiger partial charge in [0.1, 0.15) is 6.10 Å². The smallest absolute Gasteiger partial charge is 0.251 e. The van der Waals surface area contributed by atoms with Crippen molar-refractivity contribution in [3.05, 3.63) is 0 Å². The maximum absolute atomic E-state index is 11.5. The Labute approximate surface area is 78.5 Å². The second-order valence-corrected chi connectivity index (χ2v) is 3.24. The fraction of sp³-hybridized carbons (Fsp3) is 0.889. The molecule has 1 heterocycles. The van der Waals surface area contributed by atoms with Gasteiger partial charge in [0.2, 0.25) is 0 Å². The van der Waals surface area contributed by atoms with Crippen LogP contribution in [0.1, 0.15) is 19.8 Å². The van der Waals surface area contributed by atoms with E-state index in [9.17, 15) is 9.90 Å². The van der Waals surface area contributed by atoms with Gasteiger partial charge in [0.25, 0.3) is 5.91 Å². The second kappa shape index (κ2) is 5.19. The average Bonchev–Trinajstić information content (AvgIpc) is 2.18. The van der Waals surface area contributed by atoms with Gasteiger partial charge in [0, 0.05) is 13.1 Å². The number of rotatable bonds is 3. The predicted octanol–water partition coefficient (Wildman–Crippen LogP) is 0.00620.